The van der Waals surface area contributed by atoms with Gasteiger partial charge in [0.1, 0.15) is 0 Å². The number of nitrogens with two attached hydrogens (primary N) is 1. The Balaban J connectivity index is 2.19. The van der Waals surface area contributed by atoms with Crippen molar-refractivity contribution in [2.24, 2.45) is 5.73 Å². The Morgan fingerprint density at radius 2 is 1.72 bits per heavy atom. The quantitative estimate of drug-likeness (QED) is 0.883. The van der Waals surface area contributed by atoms with Crippen LogP contribution in [0.1, 0.15) is 49.8 Å². The highest BCUT2D eigenvalue weighted by molar-refractivity contribution is 5.25. The van der Waals surface area contributed by atoms with Gasteiger partial charge in [0.05, 0.1) is 0 Å². The van der Waals surface area contributed by atoms with E-state index in [1.807, 2.05) is 0 Å². The topological polar surface area (TPSA) is 29.3 Å². The van der Waals surface area contributed by atoms with Crippen molar-refractivity contribution in [3.8, 4) is 0 Å². The predicted molar refractivity (Wildman–Crippen MR) is 77.6 cm³/mol. The van der Waals surface area contributed by atoms with Crippen molar-refractivity contribution in [1.82, 2.24) is 4.90 Å². The average molecular weight is 246 g/mol. The molecule has 2 N–H and O–H groups in total. The van der Waals surface area contributed by atoms with Gasteiger partial charge in [0, 0.05) is 18.1 Å². The minimum absolute atomic E-state index is 0.165. The highest BCUT2D eigenvalue weighted by Gasteiger charge is 2.28. The zero-order valence-corrected chi connectivity index (χ0v) is 11.9. The molecular formula is C16H26N2. The number of rotatable bonds is 4. The highest BCUT2D eigenvalue weighted by atomic mass is 15.2. The van der Waals surface area contributed by atoms with Gasteiger partial charge in [-0.1, -0.05) is 42.7 Å². The molecule has 18 heavy (non-hydrogen) atoms. The van der Waals surface area contributed by atoms with Crippen molar-refractivity contribution in [3.63, 3.8) is 0 Å². The summed E-state index contributed by atoms with van der Waals surface area (Å²) in [7, 11) is 2.24. The molecule has 1 saturated carbocycles. The van der Waals surface area contributed by atoms with E-state index < -0.39 is 0 Å². The summed E-state index contributed by atoms with van der Waals surface area (Å²) in [5.41, 5.74) is 8.90. The minimum atomic E-state index is 0.165. The molecule has 0 amide bonds. The van der Waals surface area contributed by atoms with Crippen molar-refractivity contribution in [1.29, 1.82) is 0 Å². The van der Waals surface area contributed by atoms with Crippen LogP contribution in [-0.4, -0.2) is 24.0 Å². The summed E-state index contributed by atoms with van der Waals surface area (Å²) in [6, 6.07) is 10.1. The number of aryl methyl sites for hydroxylation is 1. The van der Waals surface area contributed by atoms with Crippen molar-refractivity contribution in [2.75, 3.05) is 7.05 Å². The van der Waals surface area contributed by atoms with Crippen LogP contribution < -0.4 is 5.73 Å². The summed E-state index contributed by atoms with van der Waals surface area (Å²) < 4.78 is 0. The molecule has 1 aromatic carbocycles. The maximum atomic E-state index is 6.23. The molecule has 2 heteroatoms. The molecule has 2 nitrogen and oxygen atoms in total. The van der Waals surface area contributed by atoms with Crippen LogP contribution in [0.4, 0.5) is 0 Å². The molecule has 0 spiro atoms. The Morgan fingerprint density at radius 1 is 1.17 bits per heavy atom. The number of hydrogen-bond acceptors (Lipinski definition) is 2. The van der Waals surface area contributed by atoms with Crippen molar-refractivity contribution in [3.05, 3.63) is 35.4 Å². The maximum absolute atomic E-state index is 6.23. The maximum Gasteiger partial charge on any atom is 0.0496 e. The van der Waals surface area contributed by atoms with Crippen LogP contribution in [0.2, 0.25) is 0 Å². The smallest absolute Gasteiger partial charge is 0.0496 e. The van der Waals surface area contributed by atoms with Gasteiger partial charge in [-0.15, -0.1) is 0 Å². The van der Waals surface area contributed by atoms with Crippen molar-refractivity contribution >= 4 is 0 Å². The average Bonchev–Trinajstić information content (AvgIpc) is 2.85. The van der Waals surface area contributed by atoms with Crippen LogP contribution in [0.15, 0.2) is 24.3 Å². The van der Waals surface area contributed by atoms with Gasteiger partial charge in [-0.05, 0) is 39.3 Å². The van der Waals surface area contributed by atoms with Gasteiger partial charge in [-0.2, -0.15) is 0 Å². The standard InChI is InChI=1S/C16H26N2/c1-12-8-10-14(11-9-12)16(13(2)17)18(3)15-6-4-5-7-15/h8-11,13,15-16H,4-7,17H2,1-3H3. The molecule has 2 atom stereocenters. The van der Waals surface area contributed by atoms with E-state index in [-0.39, 0.29) is 6.04 Å². The number of benzene rings is 1. The fourth-order valence-corrected chi connectivity index (χ4v) is 3.21. The summed E-state index contributed by atoms with van der Waals surface area (Å²) in [4.78, 5) is 2.50. The highest BCUT2D eigenvalue weighted by Crippen LogP contribution is 2.31. The van der Waals surface area contributed by atoms with Crippen LogP contribution in [0.5, 0.6) is 0 Å². The monoisotopic (exact) mass is 246 g/mol. The predicted octanol–water partition coefficient (Wildman–Crippen LogP) is 3.26. The Kier molecular flexibility index (Phi) is 4.41. The second kappa shape index (κ2) is 5.85. The number of likely N-dealkylation sites (N-methyl/N-ethyl adjacent to an activating group) is 1. The van der Waals surface area contributed by atoms with E-state index in [2.05, 4.69) is 50.1 Å². The molecule has 0 heterocycles. The molecular weight excluding hydrogens is 220 g/mol. The van der Waals surface area contributed by atoms with E-state index in [0.29, 0.717) is 12.1 Å². The van der Waals surface area contributed by atoms with Crippen LogP contribution in [0, 0.1) is 6.92 Å². The van der Waals surface area contributed by atoms with Crippen LogP contribution >= 0.6 is 0 Å². The lowest BCUT2D eigenvalue weighted by Gasteiger charge is -2.36. The summed E-state index contributed by atoms with van der Waals surface area (Å²) in [6.45, 7) is 4.25. The van der Waals surface area contributed by atoms with E-state index in [1.165, 1.54) is 36.8 Å². The van der Waals surface area contributed by atoms with Gasteiger partial charge >= 0.3 is 0 Å². The molecule has 1 aromatic rings. The third-order valence-corrected chi connectivity index (χ3v) is 4.26. The third kappa shape index (κ3) is 2.93. The molecule has 100 valence electrons. The molecule has 2 rings (SSSR count). The van der Waals surface area contributed by atoms with Gasteiger partial charge in [-0.3, -0.25) is 4.90 Å². The fourth-order valence-electron chi connectivity index (χ4n) is 3.21. The molecule has 0 bridgehead atoms. The van der Waals surface area contributed by atoms with Gasteiger partial charge in [-0.25, -0.2) is 0 Å². The first kappa shape index (κ1) is 13.6. The molecule has 0 saturated heterocycles. The minimum Gasteiger partial charge on any atom is -0.326 e. The van der Waals surface area contributed by atoms with Gasteiger partial charge in [0.2, 0.25) is 0 Å². The van der Waals surface area contributed by atoms with E-state index in [4.69, 9.17) is 5.73 Å². The number of hydrogen-bond donors (Lipinski definition) is 1. The first-order chi connectivity index (χ1) is 8.59. The van der Waals surface area contributed by atoms with Gasteiger partial charge in [0.25, 0.3) is 0 Å². The lowest BCUT2D eigenvalue weighted by Crippen LogP contribution is -2.41. The Hall–Kier alpha value is -0.860. The van der Waals surface area contributed by atoms with Gasteiger partial charge in [0.15, 0.2) is 0 Å². The first-order valence-corrected chi connectivity index (χ1v) is 7.13. The van der Waals surface area contributed by atoms with Crippen LogP contribution in [0.25, 0.3) is 0 Å². The van der Waals surface area contributed by atoms with Crippen molar-refractivity contribution in [2.45, 2.75) is 57.7 Å². The molecule has 0 radical (unpaired) electrons. The molecule has 1 aliphatic rings. The molecule has 0 aliphatic heterocycles. The van der Waals surface area contributed by atoms with Crippen molar-refractivity contribution < 1.29 is 0 Å². The lowest BCUT2D eigenvalue weighted by molar-refractivity contribution is 0.157. The second-order valence-corrected chi connectivity index (χ2v) is 5.82. The van der Waals surface area contributed by atoms with E-state index in [0.717, 1.165) is 0 Å². The molecule has 1 fully saturated rings. The fraction of sp³-hybridized carbons (Fsp3) is 0.625. The summed E-state index contributed by atoms with van der Waals surface area (Å²) in [5, 5.41) is 0. The largest absolute Gasteiger partial charge is 0.326 e. The van der Waals surface area contributed by atoms with Gasteiger partial charge < -0.3 is 5.73 Å². The lowest BCUT2D eigenvalue weighted by atomic mass is 9.97. The molecule has 1 aliphatic carbocycles. The zero-order chi connectivity index (χ0) is 13.1. The van der Waals surface area contributed by atoms with Crippen LogP contribution in [-0.2, 0) is 0 Å². The molecule has 0 aromatic heterocycles. The normalized spacial score (nSPS) is 20.3. The molecule has 2 unspecified atom stereocenters. The summed E-state index contributed by atoms with van der Waals surface area (Å²) in [6.07, 6.45) is 5.39. The summed E-state index contributed by atoms with van der Waals surface area (Å²) >= 11 is 0. The second-order valence-electron chi connectivity index (χ2n) is 5.82. The van der Waals surface area contributed by atoms with E-state index in [1.54, 1.807) is 0 Å². The Morgan fingerprint density at radius 3 is 2.22 bits per heavy atom. The van der Waals surface area contributed by atoms with E-state index >= 15 is 0 Å². The third-order valence-electron chi connectivity index (χ3n) is 4.26. The first-order valence-electron chi connectivity index (χ1n) is 7.13. The number of nitrogens with zero attached hydrogens (tertiary/aromatic N) is 1. The van der Waals surface area contributed by atoms with E-state index in [9.17, 15) is 0 Å². The summed E-state index contributed by atoms with van der Waals surface area (Å²) in [5.74, 6) is 0. The Labute approximate surface area is 111 Å². The Bertz CT molecular complexity index is 363. The SMILES string of the molecule is Cc1ccc(C(C(C)N)N(C)C2CCCC2)cc1. The zero-order valence-electron chi connectivity index (χ0n) is 11.9. The van der Waals surface area contributed by atoms with Crippen LogP contribution in [0.3, 0.4) is 0 Å².